The molecule has 0 aliphatic rings. The monoisotopic (exact) mass is 307 g/mol. The molecule has 0 radical (unpaired) electrons. The molecule has 0 aliphatic carbocycles. The summed E-state index contributed by atoms with van der Waals surface area (Å²) in [6.07, 6.45) is 7.77. The van der Waals surface area contributed by atoms with Crippen molar-refractivity contribution in [2.75, 3.05) is 14.2 Å². The van der Waals surface area contributed by atoms with Crippen LogP contribution in [-0.2, 0) is 11.3 Å². The molecule has 0 saturated heterocycles. The molecule has 1 aromatic carbocycles. The Morgan fingerprint density at radius 2 is 1.77 bits per heavy atom. The zero-order valence-corrected chi connectivity index (χ0v) is 14.1. The molecule has 0 aromatic heterocycles. The second kappa shape index (κ2) is 10.9. The van der Waals surface area contributed by atoms with Gasteiger partial charge in [-0.2, -0.15) is 0 Å². The second-order valence-electron chi connectivity index (χ2n) is 5.47. The quantitative estimate of drug-likeness (QED) is 0.627. The summed E-state index contributed by atoms with van der Waals surface area (Å²) in [5.74, 6) is 1.59. The van der Waals surface area contributed by atoms with Gasteiger partial charge >= 0.3 is 0 Å². The second-order valence-corrected chi connectivity index (χ2v) is 5.47. The highest BCUT2D eigenvalue weighted by Crippen LogP contribution is 2.24. The van der Waals surface area contributed by atoms with Crippen LogP contribution in [0.25, 0.3) is 0 Å². The van der Waals surface area contributed by atoms with Crippen LogP contribution in [0.4, 0.5) is 0 Å². The Morgan fingerprint density at radius 1 is 1.05 bits per heavy atom. The SMILES string of the molecule is CCCCCCCCC(=O)NCc1ccc(OC)cc1OC. The molecule has 1 aromatic rings. The molecule has 0 unspecified atom stereocenters. The number of ether oxygens (including phenoxy) is 2. The van der Waals surface area contributed by atoms with Gasteiger partial charge in [-0.3, -0.25) is 4.79 Å². The van der Waals surface area contributed by atoms with Gasteiger partial charge in [0.1, 0.15) is 11.5 Å². The van der Waals surface area contributed by atoms with E-state index >= 15 is 0 Å². The molecular weight excluding hydrogens is 278 g/mol. The molecule has 0 saturated carbocycles. The van der Waals surface area contributed by atoms with Crippen LogP contribution < -0.4 is 14.8 Å². The van der Waals surface area contributed by atoms with Crippen molar-refractivity contribution in [2.24, 2.45) is 0 Å². The lowest BCUT2D eigenvalue weighted by atomic mass is 10.1. The van der Waals surface area contributed by atoms with Gasteiger partial charge in [0.25, 0.3) is 0 Å². The first-order valence-electron chi connectivity index (χ1n) is 8.18. The van der Waals surface area contributed by atoms with E-state index in [1.54, 1.807) is 14.2 Å². The number of unbranched alkanes of at least 4 members (excludes halogenated alkanes) is 5. The molecule has 0 heterocycles. The maximum absolute atomic E-state index is 11.9. The Balaban J connectivity index is 2.29. The number of benzene rings is 1. The maximum Gasteiger partial charge on any atom is 0.220 e. The summed E-state index contributed by atoms with van der Waals surface area (Å²) in [7, 11) is 3.24. The van der Waals surface area contributed by atoms with Crippen molar-refractivity contribution in [3.8, 4) is 11.5 Å². The summed E-state index contributed by atoms with van der Waals surface area (Å²) in [5, 5.41) is 2.95. The van der Waals surface area contributed by atoms with Gasteiger partial charge < -0.3 is 14.8 Å². The van der Waals surface area contributed by atoms with Gasteiger partial charge in [0.2, 0.25) is 5.91 Å². The molecule has 0 aliphatic heterocycles. The number of hydrogen-bond acceptors (Lipinski definition) is 3. The summed E-state index contributed by atoms with van der Waals surface area (Å²) < 4.78 is 10.5. The number of hydrogen-bond donors (Lipinski definition) is 1. The van der Waals surface area contributed by atoms with Crippen molar-refractivity contribution < 1.29 is 14.3 Å². The molecule has 1 rings (SSSR count). The van der Waals surface area contributed by atoms with E-state index in [4.69, 9.17) is 9.47 Å². The highest BCUT2D eigenvalue weighted by molar-refractivity contribution is 5.75. The van der Waals surface area contributed by atoms with E-state index in [1.807, 2.05) is 18.2 Å². The molecule has 4 nitrogen and oxygen atoms in total. The maximum atomic E-state index is 11.9. The first kappa shape index (κ1) is 18.3. The normalized spacial score (nSPS) is 10.3. The van der Waals surface area contributed by atoms with Crippen molar-refractivity contribution in [2.45, 2.75) is 58.4 Å². The average Bonchev–Trinajstić information content (AvgIpc) is 2.55. The summed E-state index contributed by atoms with van der Waals surface area (Å²) in [4.78, 5) is 11.9. The van der Waals surface area contributed by atoms with E-state index in [0.717, 1.165) is 29.9 Å². The topological polar surface area (TPSA) is 47.6 Å². The minimum atomic E-state index is 0.105. The van der Waals surface area contributed by atoms with E-state index in [-0.39, 0.29) is 5.91 Å². The molecular formula is C18H29NO3. The fraction of sp³-hybridized carbons (Fsp3) is 0.611. The lowest BCUT2D eigenvalue weighted by Crippen LogP contribution is -2.22. The van der Waals surface area contributed by atoms with Crippen molar-refractivity contribution >= 4 is 5.91 Å². The third-order valence-corrected chi connectivity index (χ3v) is 3.73. The van der Waals surface area contributed by atoms with Crippen LogP contribution in [0.1, 0.15) is 57.4 Å². The smallest absolute Gasteiger partial charge is 0.220 e. The molecule has 1 N–H and O–H groups in total. The van der Waals surface area contributed by atoms with Crippen LogP contribution in [-0.4, -0.2) is 20.1 Å². The number of carbonyl (C=O) groups is 1. The van der Waals surface area contributed by atoms with Crippen LogP contribution in [0.2, 0.25) is 0 Å². The Hall–Kier alpha value is -1.71. The van der Waals surface area contributed by atoms with E-state index in [0.29, 0.717) is 13.0 Å². The molecule has 1 amide bonds. The average molecular weight is 307 g/mol. The molecule has 124 valence electrons. The summed E-state index contributed by atoms with van der Waals surface area (Å²) in [5.41, 5.74) is 0.958. The lowest BCUT2D eigenvalue weighted by Gasteiger charge is -2.11. The molecule has 22 heavy (non-hydrogen) atoms. The molecule has 4 heteroatoms. The minimum Gasteiger partial charge on any atom is -0.497 e. The largest absolute Gasteiger partial charge is 0.497 e. The van der Waals surface area contributed by atoms with Crippen LogP contribution in [0, 0.1) is 0 Å². The van der Waals surface area contributed by atoms with Gasteiger partial charge in [-0.25, -0.2) is 0 Å². The van der Waals surface area contributed by atoms with Crippen LogP contribution in [0.3, 0.4) is 0 Å². The predicted molar refractivity (Wildman–Crippen MR) is 89.4 cm³/mol. The highest BCUT2D eigenvalue weighted by Gasteiger charge is 2.07. The standard InChI is InChI=1S/C18H29NO3/c1-4-5-6-7-8-9-10-18(20)19-14-15-11-12-16(21-2)13-17(15)22-3/h11-13H,4-10,14H2,1-3H3,(H,19,20). The van der Waals surface area contributed by atoms with Gasteiger partial charge in [0.05, 0.1) is 14.2 Å². The predicted octanol–water partition coefficient (Wildman–Crippen LogP) is 4.07. The Labute approximate surface area is 134 Å². The van der Waals surface area contributed by atoms with E-state index in [1.165, 1.54) is 25.7 Å². The van der Waals surface area contributed by atoms with Crippen LogP contribution in [0.15, 0.2) is 18.2 Å². The number of methoxy groups -OCH3 is 2. The highest BCUT2D eigenvalue weighted by atomic mass is 16.5. The molecule has 0 bridgehead atoms. The van der Waals surface area contributed by atoms with Gasteiger partial charge in [-0.1, -0.05) is 39.0 Å². The number of carbonyl (C=O) groups excluding carboxylic acids is 1. The Kier molecular flexibility index (Phi) is 9.12. The third-order valence-electron chi connectivity index (χ3n) is 3.73. The summed E-state index contributed by atoms with van der Waals surface area (Å²) >= 11 is 0. The number of amides is 1. The minimum absolute atomic E-state index is 0.105. The molecule has 0 spiro atoms. The van der Waals surface area contributed by atoms with Crippen molar-refractivity contribution in [1.82, 2.24) is 5.32 Å². The first-order chi connectivity index (χ1) is 10.7. The van der Waals surface area contributed by atoms with Crippen molar-refractivity contribution in [3.05, 3.63) is 23.8 Å². The number of rotatable bonds is 11. The molecule has 0 fully saturated rings. The van der Waals surface area contributed by atoms with Crippen LogP contribution in [0.5, 0.6) is 11.5 Å². The van der Waals surface area contributed by atoms with Gasteiger partial charge in [0, 0.05) is 24.6 Å². The van der Waals surface area contributed by atoms with Crippen molar-refractivity contribution in [1.29, 1.82) is 0 Å². The van der Waals surface area contributed by atoms with Crippen LogP contribution >= 0.6 is 0 Å². The van der Waals surface area contributed by atoms with E-state index in [9.17, 15) is 4.79 Å². The Morgan fingerprint density at radius 3 is 2.45 bits per heavy atom. The summed E-state index contributed by atoms with van der Waals surface area (Å²) in [6.45, 7) is 2.70. The van der Waals surface area contributed by atoms with Gasteiger partial charge in [0.15, 0.2) is 0 Å². The fourth-order valence-electron chi connectivity index (χ4n) is 2.35. The Bertz CT molecular complexity index is 446. The van der Waals surface area contributed by atoms with Gasteiger partial charge in [-0.05, 0) is 18.6 Å². The van der Waals surface area contributed by atoms with E-state index in [2.05, 4.69) is 12.2 Å². The lowest BCUT2D eigenvalue weighted by molar-refractivity contribution is -0.121. The zero-order valence-electron chi connectivity index (χ0n) is 14.1. The van der Waals surface area contributed by atoms with Gasteiger partial charge in [-0.15, -0.1) is 0 Å². The fourth-order valence-corrected chi connectivity index (χ4v) is 2.35. The molecule has 0 atom stereocenters. The number of nitrogens with one attached hydrogen (secondary N) is 1. The van der Waals surface area contributed by atoms with E-state index < -0.39 is 0 Å². The van der Waals surface area contributed by atoms with Crippen molar-refractivity contribution in [3.63, 3.8) is 0 Å². The first-order valence-corrected chi connectivity index (χ1v) is 8.18. The third kappa shape index (κ3) is 6.83. The summed E-state index contributed by atoms with van der Waals surface area (Å²) in [6, 6.07) is 5.62. The zero-order chi connectivity index (χ0) is 16.2.